The highest BCUT2D eigenvalue weighted by Gasteiger charge is 2.14. The smallest absolute Gasteiger partial charge is 0.276 e. The number of ether oxygens (including phenoxy) is 1. The van der Waals surface area contributed by atoms with E-state index < -0.39 is 4.92 Å². The van der Waals surface area contributed by atoms with Gasteiger partial charge in [-0.3, -0.25) is 10.1 Å². The topological polar surface area (TPSA) is 76.2 Å². The molecule has 15 heavy (non-hydrogen) atoms. The molecule has 0 aliphatic carbocycles. The molecule has 1 rings (SSSR count). The quantitative estimate of drug-likeness (QED) is 0.558. The van der Waals surface area contributed by atoms with Gasteiger partial charge < -0.3 is 4.74 Å². The number of nitrogens with zero attached hydrogens (tertiary/aromatic N) is 2. The van der Waals surface area contributed by atoms with Gasteiger partial charge in [0.05, 0.1) is 24.2 Å². The number of rotatable bonds is 4. The normalized spacial score (nSPS) is 9.33. The number of benzene rings is 1. The molecule has 0 spiro atoms. The monoisotopic (exact) mass is 206 g/mol. The lowest BCUT2D eigenvalue weighted by molar-refractivity contribution is -0.385. The summed E-state index contributed by atoms with van der Waals surface area (Å²) in [5.41, 5.74) is 0.562. The van der Waals surface area contributed by atoms with Crippen molar-refractivity contribution in [3.63, 3.8) is 0 Å². The fourth-order valence-electron chi connectivity index (χ4n) is 1.24. The molecule has 0 saturated heterocycles. The number of nitro benzene ring substituents is 1. The van der Waals surface area contributed by atoms with Gasteiger partial charge >= 0.3 is 0 Å². The van der Waals surface area contributed by atoms with Gasteiger partial charge in [-0.25, -0.2) is 0 Å². The van der Waals surface area contributed by atoms with Crippen LogP contribution in [0.15, 0.2) is 18.2 Å². The van der Waals surface area contributed by atoms with E-state index in [4.69, 9.17) is 10.00 Å². The van der Waals surface area contributed by atoms with E-state index >= 15 is 0 Å². The summed E-state index contributed by atoms with van der Waals surface area (Å²) in [6.45, 7) is 0. The third-order valence-corrected chi connectivity index (χ3v) is 2.00. The standard InChI is InChI=1S/C10H10N2O3/c1-15-9-5-4-8(3-2-6-11)10(7-9)12(13)14/h4-5,7H,2-3H2,1H3. The minimum atomic E-state index is -0.463. The van der Waals surface area contributed by atoms with Gasteiger partial charge in [0.2, 0.25) is 0 Å². The lowest BCUT2D eigenvalue weighted by Gasteiger charge is -2.03. The van der Waals surface area contributed by atoms with Crippen molar-refractivity contribution < 1.29 is 9.66 Å². The number of nitriles is 1. The van der Waals surface area contributed by atoms with Crippen LogP contribution < -0.4 is 4.74 Å². The molecular weight excluding hydrogens is 196 g/mol. The van der Waals surface area contributed by atoms with Gasteiger partial charge in [0.15, 0.2) is 0 Å². The Kier molecular flexibility index (Phi) is 3.63. The van der Waals surface area contributed by atoms with Crippen molar-refractivity contribution in [3.8, 4) is 11.8 Å². The average Bonchev–Trinajstić information content (AvgIpc) is 2.26. The molecule has 5 nitrogen and oxygen atoms in total. The first kappa shape index (κ1) is 11.0. The van der Waals surface area contributed by atoms with Gasteiger partial charge in [-0.1, -0.05) is 0 Å². The number of methoxy groups -OCH3 is 1. The van der Waals surface area contributed by atoms with Crippen molar-refractivity contribution >= 4 is 5.69 Å². The van der Waals surface area contributed by atoms with Crippen LogP contribution in [0.4, 0.5) is 5.69 Å². The Bertz CT molecular complexity index is 410. The molecule has 0 atom stereocenters. The van der Waals surface area contributed by atoms with E-state index in [2.05, 4.69) is 0 Å². The minimum Gasteiger partial charge on any atom is -0.497 e. The van der Waals surface area contributed by atoms with Gasteiger partial charge in [-0.05, 0) is 18.6 Å². The molecule has 0 unspecified atom stereocenters. The van der Waals surface area contributed by atoms with Gasteiger partial charge in [0, 0.05) is 12.0 Å². The maximum atomic E-state index is 10.7. The Labute approximate surface area is 87.1 Å². The first-order valence-corrected chi connectivity index (χ1v) is 4.37. The van der Waals surface area contributed by atoms with Crippen LogP contribution in [0.25, 0.3) is 0 Å². The van der Waals surface area contributed by atoms with Crippen LogP contribution in [0.2, 0.25) is 0 Å². The zero-order valence-corrected chi connectivity index (χ0v) is 8.27. The third kappa shape index (κ3) is 2.68. The Morgan fingerprint density at radius 2 is 2.33 bits per heavy atom. The first-order chi connectivity index (χ1) is 7.19. The van der Waals surface area contributed by atoms with E-state index in [1.807, 2.05) is 6.07 Å². The molecule has 0 N–H and O–H groups in total. The summed E-state index contributed by atoms with van der Waals surface area (Å²) in [6.07, 6.45) is 0.657. The predicted octanol–water partition coefficient (Wildman–Crippen LogP) is 2.06. The summed E-state index contributed by atoms with van der Waals surface area (Å²) in [7, 11) is 1.45. The fourth-order valence-corrected chi connectivity index (χ4v) is 1.24. The second-order valence-electron chi connectivity index (χ2n) is 2.91. The predicted molar refractivity (Wildman–Crippen MR) is 53.6 cm³/mol. The Balaban J connectivity index is 3.05. The van der Waals surface area contributed by atoms with Gasteiger partial charge in [0.1, 0.15) is 5.75 Å². The van der Waals surface area contributed by atoms with Crippen LogP contribution in [0.1, 0.15) is 12.0 Å². The molecule has 0 bridgehead atoms. The molecule has 0 aromatic heterocycles. The average molecular weight is 206 g/mol. The van der Waals surface area contributed by atoms with Crippen LogP contribution in [0.3, 0.4) is 0 Å². The summed E-state index contributed by atoms with van der Waals surface area (Å²) in [5.74, 6) is 0.447. The maximum absolute atomic E-state index is 10.7. The minimum absolute atomic E-state index is 0.00426. The second kappa shape index (κ2) is 4.96. The highest BCUT2D eigenvalue weighted by molar-refractivity contribution is 5.46. The molecule has 0 radical (unpaired) electrons. The van der Waals surface area contributed by atoms with E-state index in [0.717, 1.165) is 0 Å². The van der Waals surface area contributed by atoms with Crippen LogP contribution in [-0.4, -0.2) is 12.0 Å². The number of nitro groups is 1. The molecule has 0 aliphatic heterocycles. The van der Waals surface area contributed by atoms with Crippen LogP contribution in [0, 0.1) is 21.4 Å². The van der Waals surface area contributed by atoms with E-state index in [-0.39, 0.29) is 12.1 Å². The van der Waals surface area contributed by atoms with Gasteiger partial charge in [0.25, 0.3) is 5.69 Å². The number of aryl methyl sites for hydroxylation is 1. The molecule has 0 heterocycles. The van der Waals surface area contributed by atoms with E-state index in [9.17, 15) is 10.1 Å². The van der Waals surface area contributed by atoms with E-state index in [0.29, 0.717) is 17.7 Å². The summed E-state index contributed by atoms with van der Waals surface area (Å²) in [4.78, 5) is 10.3. The van der Waals surface area contributed by atoms with Crippen molar-refractivity contribution in [2.24, 2.45) is 0 Å². The van der Waals surface area contributed by atoms with Crippen LogP contribution in [-0.2, 0) is 6.42 Å². The maximum Gasteiger partial charge on any atom is 0.276 e. The Morgan fingerprint density at radius 1 is 1.60 bits per heavy atom. The highest BCUT2D eigenvalue weighted by Crippen LogP contribution is 2.25. The SMILES string of the molecule is COc1ccc(CCC#N)c([N+](=O)[O-])c1. The summed E-state index contributed by atoms with van der Waals surface area (Å²) in [6, 6.07) is 6.60. The van der Waals surface area contributed by atoms with Gasteiger partial charge in [-0.15, -0.1) is 0 Å². The Hall–Kier alpha value is -2.09. The zero-order valence-electron chi connectivity index (χ0n) is 8.27. The molecular formula is C10H10N2O3. The first-order valence-electron chi connectivity index (χ1n) is 4.37. The van der Waals surface area contributed by atoms with Crippen molar-refractivity contribution in [2.45, 2.75) is 12.8 Å². The van der Waals surface area contributed by atoms with E-state index in [1.54, 1.807) is 12.1 Å². The van der Waals surface area contributed by atoms with Crippen LogP contribution >= 0.6 is 0 Å². The Morgan fingerprint density at radius 3 is 2.87 bits per heavy atom. The molecule has 5 heteroatoms. The van der Waals surface area contributed by atoms with Crippen LogP contribution in [0.5, 0.6) is 5.75 Å². The van der Waals surface area contributed by atoms with Gasteiger partial charge in [-0.2, -0.15) is 5.26 Å². The number of hydrogen-bond acceptors (Lipinski definition) is 4. The van der Waals surface area contributed by atoms with Crippen molar-refractivity contribution in [1.29, 1.82) is 5.26 Å². The molecule has 78 valence electrons. The summed E-state index contributed by atoms with van der Waals surface area (Å²) < 4.78 is 4.90. The molecule has 0 fully saturated rings. The second-order valence-corrected chi connectivity index (χ2v) is 2.91. The largest absolute Gasteiger partial charge is 0.497 e. The summed E-state index contributed by atoms with van der Waals surface area (Å²) >= 11 is 0. The van der Waals surface area contributed by atoms with E-state index in [1.165, 1.54) is 13.2 Å². The lowest BCUT2D eigenvalue weighted by Crippen LogP contribution is -1.96. The zero-order chi connectivity index (χ0) is 11.3. The highest BCUT2D eigenvalue weighted by atomic mass is 16.6. The van der Waals surface area contributed by atoms with Crippen molar-refractivity contribution in [2.75, 3.05) is 7.11 Å². The van der Waals surface area contributed by atoms with Crippen molar-refractivity contribution in [1.82, 2.24) is 0 Å². The lowest BCUT2D eigenvalue weighted by atomic mass is 10.1. The molecule has 0 saturated carbocycles. The third-order valence-electron chi connectivity index (χ3n) is 2.00. The molecule has 0 aliphatic rings. The molecule has 0 amide bonds. The number of hydrogen-bond donors (Lipinski definition) is 0. The fraction of sp³-hybridized carbons (Fsp3) is 0.300. The molecule has 1 aromatic rings. The molecule has 1 aromatic carbocycles. The summed E-state index contributed by atoms with van der Waals surface area (Å²) in [5, 5.41) is 19.1. The van der Waals surface area contributed by atoms with Crippen molar-refractivity contribution in [3.05, 3.63) is 33.9 Å².